The van der Waals surface area contributed by atoms with Gasteiger partial charge in [0.15, 0.2) is 11.0 Å². The van der Waals surface area contributed by atoms with Gasteiger partial charge >= 0.3 is 0 Å². The van der Waals surface area contributed by atoms with Gasteiger partial charge < -0.3 is 14.6 Å². The van der Waals surface area contributed by atoms with Gasteiger partial charge in [-0.25, -0.2) is 0 Å². The van der Waals surface area contributed by atoms with Crippen LogP contribution in [-0.2, 0) is 11.8 Å². The normalized spacial score (nSPS) is 10.5. The van der Waals surface area contributed by atoms with Crippen molar-refractivity contribution in [1.29, 1.82) is 0 Å². The van der Waals surface area contributed by atoms with Crippen molar-refractivity contribution in [2.45, 2.75) is 5.16 Å². The number of aromatic nitrogens is 4. The second kappa shape index (κ2) is 7.80. The summed E-state index contributed by atoms with van der Waals surface area (Å²) in [7, 11) is 3.42. The molecule has 0 aliphatic rings. The van der Waals surface area contributed by atoms with E-state index in [1.165, 1.54) is 11.8 Å². The summed E-state index contributed by atoms with van der Waals surface area (Å²) in [4.78, 5) is 16.5. The third-order valence-corrected chi connectivity index (χ3v) is 4.46. The molecule has 0 saturated heterocycles. The number of nitrogens with one attached hydrogen (secondary N) is 1. The predicted octanol–water partition coefficient (Wildman–Crippen LogP) is 2.62. The molecule has 128 valence electrons. The largest absolute Gasteiger partial charge is 0.495 e. The third kappa shape index (κ3) is 3.97. The number of carbonyl (C=O) groups is 1. The van der Waals surface area contributed by atoms with E-state index in [1.807, 2.05) is 41.9 Å². The molecule has 3 rings (SSSR count). The summed E-state index contributed by atoms with van der Waals surface area (Å²) in [5, 5.41) is 11.8. The molecule has 1 amide bonds. The van der Waals surface area contributed by atoms with Crippen LogP contribution in [0.2, 0.25) is 0 Å². The van der Waals surface area contributed by atoms with Crippen LogP contribution < -0.4 is 10.1 Å². The average molecular weight is 355 g/mol. The lowest BCUT2D eigenvalue weighted by atomic mass is 10.3. The maximum absolute atomic E-state index is 12.2. The van der Waals surface area contributed by atoms with Crippen molar-refractivity contribution >= 4 is 23.4 Å². The minimum atomic E-state index is -0.142. The summed E-state index contributed by atoms with van der Waals surface area (Å²) >= 11 is 1.31. The Kier molecular flexibility index (Phi) is 5.30. The summed E-state index contributed by atoms with van der Waals surface area (Å²) < 4.78 is 7.05. The van der Waals surface area contributed by atoms with Crippen molar-refractivity contribution in [2.24, 2.45) is 7.05 Å². The summed E-state index contributed by atoms with van der Waals surface area (Å²) in [6, 6.07) is 12.9. The Labute approximate surface area is 149 Å². The molecule has 0 atom stereocenters. The topological polar surface area (TPSA) is 81.9 Å². The Morgan fingerprint density at radius 1 is 1.20 bits per heavy atom. The van der Waals surface area contributed by atoms with E-state index in [9.17, 15) is 4.79 Å². The molecule has 2 aromatic heterocycles. The Morgan fingerprint density at radius 2 is 2.00 bits per heavy atom. The van der Waals surface area contributed by atoms with E-state index in [4.69, 9.17) is 4.74 Å². The lowest BCUT2D eigenvalue weighted by molar-refractivity contribution is -0.113. The van der Waals surface area contributed by atoms with Gasteiger partial charge in [-0.05, 0) is 24.3 Å². The number of hydrogen-bond acceptors (Lipinski definition) is 6. The van der Waals surface area contributed by atoms with Crippen molar-refractivity contribution in [2.75, 3.05) is 18.2 Å². The first-order valence-electron chi connectivity index (χ1n) is 7.55. The van der Waals surface area contributed by atoms with Crippen LogP contribution in [0.25, 0.3) is 11.5 Å². The van der Waals surface area contributed by atoms with Gasteiger partial charge in [0.05, 0.1) is 18.6 Å². The number of benzene rings is 1. The van der Waals surface area contributed by atoms with Crippen LogP contribution in [0.3, 0.4) is 0 Å². The number of methoxy groups -OCH3 is 1. The van der Waals surface area contributed by atoms with E-state index in [-0.39, 0.29) is 11.7 Å². The van der Waals surface area contributed by atoms with Crippen molar-refractivity contribution in [3.8, 4) is 17.3 Å². The molecule has 7 nitrogen and oxygen atoms in total. The Morgan fingerprint density at radius 3 is 2.76 bits per heavy atom. The first-order chi connectivity index (χ1) is 12.2. The Hall–Kier alpha value is -2.87. The summed E-state index contributed by atoms with van der Waals surface area (Å²) in [6.07, 6.45) is 1.71. The molecule has 0 aliphatic heterocycles. The number of thioether (sulfide) groups is 1. The van der Waals surface area contributed by atoms with Crippen LogP contribution in [0.4, 0.5) is 5.69 Å². The van der Waals surface area contributed by atoms with Crippen LogP contribution in [0.5, 0.6) is 5.75 Å². The highest BCUT2D eigenvalue weighted by molar-refractivity contribution is 7.99. The fourth-order valence-electron chi connectivity index (χ4n) is 2.22. The molecule has 0 saturated carbocycles. The lowest BCUT2D eigenvalue weighted by Gasteiger charge is -2.09. The molecule has 8 heteroatoms. The third-order valence-electron chi connectivity index (χ3n) is 3.44. The van der Waals surface area contributed by atoms with Crippen LogP contribution in [0.15, 0.2) is 53.8 Å². The van der Waals surface area contributed by atoms with Crippen LogP contribution in [-0.4, -0.2) is 38.5 Å². The molecule has 0 bridgehead atoms. The number of ether oxygens (including phenoxy) is 1. The van der Waals surface area contributed by atoms with Crippen LogP contribution in [0, 0.1) is 0 Å². The smallest absolute Gasteiger partial charge is 0.234 e. The predicted molar refractivity (Wildman–Crippen MR) is 96.6 cm³/mol. The zero-order valence-corrected chi connectivity index (χ0v) is 14.7. The molecule has 0 unspecified atom stereocenters. The van der Waals surface area contributed by atoms with E-state index in [0.29, 0.717) is 22.4 Å². The molecule has 0 radical (unpaired) electrons. The van der Waals surface area contributed by atoms with Crippen LogP contribution >= 0.6 is 11.8 Å². The molecular weight excluding hydrogens is 338 g/mol. The molecule has 2 heterocycles. The molecular formula is C17H17N5O2S. The molecule has 0 aliphatic carbocycles. The van der Waals surface area contributed by atoms with Gasteiger partial charge in [0.25, 0.3) is 0 Å². The molecule has 3 aromatic rings. The maximum Gasteiger partial charge on any atom is 0.234 e. The van der Waals surface area contributed by atoms with Crippen molar-refractivity contribution in [3.05, 3.63) is 48.7 Å². The number of rotatable bonds is 6. The first-order valence-corrected chi connectivity index (χ1v) is 8.54. The van der Waals surface area contributed by atoms with Crippen molar-refractivity contribution in [3.63, 3.8) is 0 Å². The second-order valence-corrected chi connectivity index (χ2v) is 6.06. The van der Waals surface area contributed by atoms with E-state index in [1.54, 1.807) is 25.4 Å². The molecule has 0 fully saturated rings. The fraction of sp³-hybridized carbons (Fsp3) is 0.176. The van der Waals surface area contributed by atoms with Gasteiger partial charge in [0.1, 0.15) is 11.4 Å². The van der Waals surface area contributed by atoms with Gasteiger partial charge in [0.2, 0.25) is 5.91 Å². The summed E-state index contributed by atoms with van der Waals surface area (Å²) in [6.45, 7) is 0. The van der Waals surface area contributed by atoms with Crippen LogP contribution in [0.1, 0.15) is 0 Å². The molecule has 25 heavy (non-hydrogen) atoms. The maximum atomic E-state index is 12.2. The van der Waals surface area contributed by atoms with Gasteiger partial charge in [-0.3, -0.25) is 9.78 Å². The number of amides is 1. The first kappa shape index (κ1) is 17.0. The summed E-state index contributed by atoms with van der Waals surface area (Å²) in [5.74, 6) is 1.36. The molecule has 1 aromatic carbocycles. The minimum Gasteiger partial charge on any atom is -0.495 e. The average Bonchev–Trinajstić information content (AvgIpc) is 3.02. The quantitative estimate of drug-likeness (QED) is 0.685. The number of nitrogens with zero attached hydrogens (tertiary/aromatic N) is 4. The standard InChI is InChI=1S/C17H17N5O2S/c1-22-16(13-8-5-6-10-18-13)20-21-17(22)25-11-15(23)19-12-7-3-4-9-14(12)24-2/h3-10H,11H2,1-2H3,(H,19,23). The SMILES string of the molecule is COc1ccccc1NC(=O)CSc1nnc(-c2ccccn2)n1C. The van der Waals surface area contributed by atoms with Crippen molar-refractivity contribution in [1.82, 2.24) is 19.7 Å². The molecule has 1 N–H and O–H groups in total. The van der Waals surface area contributed by atoms with E-state index >= 15 is 0 Å². The zero-order chi connectivity index (χ0) is 17.6. The number of hydrogen-bond donors (Lipinski definition) is 1. The molecule has 0 spiro atoms. The van der Waals surface area contributed by atoms with E-state index in [0.717, 1.165) is 5.69 Å². The second-order valence-electron chi connectivity index (χ2n) is 5.12. The van der Waals surface area contributed by atoms with Gasteiger partial charge in [-0.2, -0.15) is 0 Å². The monoisotopic (exact) mass is 355 g/mol. The lowest BCUT2D eigenvalue weighted by Crippen LogP contribution is -2.15. The number of anilines is 1. The van der Waals surface area contributed by atoms with E-state index in [2.05, 4.69) is 20.5 Å². The van der Waals surface area contributed by atoms with Crippen molar-refractivity contribution < 1.29 is 9.53 Å². The summed E-state index contributed by atoms with van der Waals surface area (Å²) in [5.41, 5.74) is 1.38. The van der Waals surface area contributed by atoms with Gasteiger partial charge in [0, 0.05) is 13.2 Å². The highest BCUT2D eigenvalue weighted by Crippen LogP contribution is 2.24. The zero-order valence-electron chi connectivity index (χ0n) is 13.8. The van der Waals surface area contributed by atoms with Gasteiger partial charge in [-0.15, -0.1) is 10.2 Å². The number of carbonyl (C=O) groups excluding carboxylic acids is 1. The van der Waals surface area contributed by atoms with Gasteiger partial charge in [-0.1, -0.05) is 30.0 Å². The fourth-order valence-corrected chi connectivity index (χ4v) is 2.93. The van der Waals surface area contributed by atoms with E-state index < -0.39 is 0 Å². The highest BCUT2D eigenvalue weighted by atomic mass is 32.2. The number of pyridine rings is 1. The number of para-hydroxylation sites is 2. The highest BCUT2D eigenvalue weighted by Gasteiger charge is 2.14. The Bertz CT molecular complexity index is 866. The minimum absolute atomic E-state index is 0.142. The Balaban J connectivity index is 1.64.